The number of rotatable bonds is 4. The number of carbonyl (C=O) groups excluding carboxylic acids is 1. The van der Waals surface area contributed by atoms with Crippen LogP contribution >= 0.6 is 0 Å². The molecule has 8 heteroatoms. The first-order chi connectivity index (χ1) is 16.0. The number of hydrogen-bond donors (Lipinski definition) is 0. The predicted molar refractivity (Wildman–Crippen MR) is 134 cm³/mol. The number of hydrogen-bond acceptors (Lipinski definition) is 6. The minimum absolute atomic E-state index is 0.0842. The summed E-state index contributed by atoms with van der Waals surface area (Å²) < 4.78 is 13.3. The molecule has 1 aromatic rings. The topological polar surface area (TPSA) is 63.1 Å². The highest BCUT2D eigenvalue weighted by Gasteiger charge is 2.37. The second-order valence-corrected chi connectivity index (χ2v) is 12.0. The van der Waals surface area contributed by atoms with Gasteiger partial charge in [-0.05, 0) is 73.1 Å². The Kier molecular flexibility index (Phi) is 7.48. The Balaban J connectivity index is 1.35. The highest BCUT2D eigenvalue weighted by Crippen LogP contribution is 2.36. The van der Waals surface area contributed by atoms with Gasteiger partial charge in [0.25, 0.3) is 0 Å². The van der Waals surface area contributed by atoms with E-state index in [9.17, 15) is 4.79 Å². The SMILES string of the molecule is Cc1cc(N2CC[C@@H](CN3CCOCC3)CC2(C)C)nn1C1CCN(C(=O)OC(C)(C)C)CC1. The van der Waals surface area contributed by atoms with E-state index in [1.165, 1.54) is 25.1 Å². The van der Waals surface area contributed by atoms with E-state index >= 15 is 0 Å². The lowest BCUT2D eigenvalue weighted by atomic mass is 9.82. The Morgan fingerprint density at radius 2 is 1.79 bits per heavy atom. The largest absolute Gasteiger partial charge is 0.444 e. The average molecular weight is 476 g/mol. The first kappa shape index (κ1) is 25.3. The third-order valence-electron chi connectivity index (χ3n) is 7.55. The van der Waals surface area contributed by atoms with Gasteiger partial charge < -0.3 is 19.3 Å². The minimum Gasteiger partial charge on any atom is -0.444 e. The highest BCUT2D eigenvalue weighted by molar-refractivity contribution is 5.68. The summed E-state index contributed by atoms with van der Waals surface area (Å²) in [6.07, 6.45) is 4.01. The van der Waals surface area contributed by atoms with E-state index in [1.807, 2.05) is 25.7 Å². The molecule has 1 atom stereocenters. The number of nitrogens with zero attached hydrogens (tertiary/aromatic N) is 5. The second kappa shape index (κ2) is 10.1. The molecule has 192 valence electrons. The molecule has 3 fully saturated rings. The lowest BCUT2D eigenvalue weighted by Gasteiger charge is -2.47. The van der Waals surface area contributed by atoms with Gasteiger partial charge in [-0.25, -0.2) is 4.79 Å². The third-order valence-corrected chi connectivity index (χ3v) is 7.55. The van der Waals surface area contributed by atoms with Gasteiger partial charge in [0, 0.05) is 56.6 Å². The summed E-state index contributed by atoms with van der Waals surface area (Å²) in [6.45, 7) is 20.2. The van der Waals surface area contributed by atoms with Crippen molar-refractivity contribution in [3.63, 3.8) is 0 Å². The van der Waals surface area contributed by atoms with Crippen molar-refractivity contribution in [3.05, 3.63) is 11.8 Å². The number of anilines is 1. The highest BCUT2D eigenvalue weighted by atomic mass is 16.6. The molecule has 0 spiro atoms. The van der Waals surface area contributed by atoms with Crippen LogP contribution in [0.4, 0.5) is 10.6 Å². The van der Waals surface area contributed by atoms with Gasteiger partial charge in [-0.3, -0.25) is 9.58 Å². The molecule has 0 bridgehead atoms. The summed E-state index contributed by atoms with van der Waals surface area (Å²) in [5.74, 6) is 1.83. The molecule has 4 heterocycles. The van der Waals surface area contributed by atoms with Crippen LogP contribution in [0.1, 0.15) is 72.0 Å². The standard InChI is InChI=1S/C26H45N5O3/c1-20-17-23(27-31(20)22-8-10-29(11-9-22)24(32)34-25(2,3)4)30-12-7-21(18-26(30,5)6)19-28-13-15-33-16-14-28/h17,21-22H,7-16,18-19H2,1-6H3/t21-/m1/s1. The first-order valence-corrected chi connectivity index (χ1v) is 13.1. The van der Waals surface area contributed by atoms with E-state index in [4.69, 9.17) is 14.6 Å². The molecule has 0 unspecified atom stereocenters. The van der Waals surface area contributed by atoms with Crippen molar-refractivity contribution in [1.82, 2.24) is 19.6 Å². The van der Waals surface area contributed by atoms with Crippen molar-refractivity contribution in [1.29, 1.82) is 0 Å². The van der Waals surface area contributed by atoms with E-state index < -0.39 is 5.60 Å². The fourth-order valence-electron chi connectivity index (χ4n) is 5.85. The Labute approximate surface area is 205 Å². The number of amides is 1. The van der Waals surface area contributed by atoms with Gasteiger partial charge >= 0.3 is 6.09 Å². The Bertz CT molecular complexity index is 832. The zero-order chi connectivity index (χ0) is 24.5. The Morgan fingerprint density at radius 3 is 2.41 bits per heavy atom. The van der Waals surface area contributed by atoms with Gasteiger partial charge in [-0.2, -0.15) is 5.10 Å². The first-order valence-electron chi connectivity index (χ1n) is 13.1. The molecule has 0 N–H and O–H groups in total. The van der Waals surface area contributed by atoms with Crippen LogP contribution in [-0.2, 0) is 9.47 Å². The molecule has 0 radical (unpaired) electrons. The van der Waals surface area contributed by atoms with E-state index in [0.717, 1.165) is 57.4 Å². The molecule has 0 aliphatic carbocycles. The van der Waals surface area contributed by atoms with Crippen molar-refractivity contribution >= 4 is 11.9 Å². The van der Waals surface area contributed by atoms with Crippen LogP contribution in [0.25, 0.3) is 0 Å². The minimum atomic E-state index is -0.455. The van der Waals surface area contributed by atoms with E-state index in [1.54, 1.807) is 0 Å². The molecule has 34 heavy (non-hydrogen) atoms. The van der Waals surface area contributed by atoms with Crippen LogP contribution in [-0.4, -0.2) is 89.3 Å². The monoisotopic (exact) mass is 475 g/mol. The van der Waals surface area contributed by atoms with Crippen molar-refractivity contribution < 1.29 is 14.3 Å². The molecular formula is C26H45N5O3. The normalized spacial score (nSPS) is 24.9. The smallest absolute Gasteiger partial charge is 0.410 e. The van der Waals surface area contributed by atoms with Crippen molar-refractivity contribution in [2.75, 3.05) is 57.4 Å². The lowest BCUT2D eigenvalue weighted by molar-refractivity contribution is 0.0184. The molecule has 0 aromatic carbocycles. The molecule has 4 rings (SSSR count). The zero-order valence-electron chi connectivity index (χ0n) is 22.2. The third kappa shape index (κ3) is 6.06. The fourth-order valence-corrected chi connectivity index (χ4v) is 5.85. The van der Waals surface area contributed by atoms with Crippen LogP contribution in [0.15, 0.2) is 6.07 Å². The van der Waals surface area contributed by atoms with E-state index in [2.05, 4.69) is 41.3 Å². The molecule has 1 amide bonds. The summed E-state index contributed by atoms with van der Waals surface area (Å²) in [4.78, 5) is 19.3. The van der Waals surface area contributed by atoms with Crippen LogP contribution < -0.4 is 4.90 Å². The number of carbonyl (C=O) groups is 1. The van der Waals surface area contributed by atoms with Gasteiger partial charge in [0.2, 0.25) is 0 Å². The number of aryl methyl sites for hydroxylation is 1. The average Bonchev–Trinajstić information content (AvgIpc) is 3.14. The van der Waals surface area contributed by atoms with Crippen LogP contribution in [0.3, 0.4) is 0 Å². The number of piperidine rings is 2. The summed E-state index contributed by atoms with van der Waals surface area (Å²) in [7, 11) is 0. The maximum atomic E-state index is 12.4. The summed E-state index contributed by atoms with van der Waals surface area (Å²) in [6, 6.07) is 2.58. The summed E-state index contributed by atoms with van der Waals surface area (Å²) in [5, 5.41) is 5.10. The number of aromatic nitrogens is 2. The van der Waals surface area contributed by atoms with Gasteiger partial charge in [-0.1, -0.05) is 0 Å². The van der Waals surface area contributed by atoms with E-state index in [-0.39, 0.29) is 11.6 Å². The molecule has 1 aromatic heterocycles. The van der Waals surface area contributed by atoms with Gasteiger partial charge in [-0.15, -0.1) is 0 Å². The van der Waals surface area contributed by atoms with Gasteiger partial charge in [0.1, 0.15) is 5.60 Å². The molecular weight excluding hydrogens is 430 g/mol. The zero-order valence-corrected chi connectivity index (χ0v) is 22.2. The number of morpholine rings is 1. The van der Waals surface area contributed by atoms with Crippen LogP contribution in [0.2, 0.25) is 0 Å². The predicted octanol–water partition coefficient (Wildman–Crippen LogP) is 4.09. The maximum absolute atomic E-state index is 12.4. The molecule has 3 saturated heterocycles. The lowest BCUT2D eigenvalue weighted by Crippen LogP contribution is -2.52. The second-order valence-electron chi connectivity index (χ2n) is 12.0. The molecule has 3 aliphatic rings. The Morgan fingerprint density at radius 1 is 1.12 bits per heavy atom. The van der Waals surface area contributed by atoms with Crippen LogP contribution in [0.5, 0.6) is 0 Å². The van der Waals surface area contributed by atoms with Crippen molar-refractivity contribution in [2.45, 2.75) is 84.4 Å². The Hall–Kier alpha value is -1.80. The summed E-state index contributed by atoms with van der Waals surface area (Å²) >= 11 is 0. The van der Waals surface area contributed by atoms with Crippen molar-refractivity contribution in [3.8, 4) is 0 Å². The quantitative estimate of drug-likeness (QED) is 0.654. The fraction of sp³-hybridized carbons (Fsp3) is 0.846. The van der Waals surface area contributed by atoms with Gasteiger partial charge in [0.15, 0.2) is 5.82 Å². The van der Waals surface area contributed by atoms with Gasteiger partial charge in [0.05, 0.1) is 19.3 Å². The number of likely N-dealkylation sites (tertiary alicyclic amines) is 1. The van der Waals surface area contributed by atoms with E-state index in [0.29, 0.717) is 19.1 Å². The number of ether oxygens (including phenoxy) is 2. The van der Waals surface area contributed by atoms with Crippen molar-refractivity contribution in [2.24, 2.45) is 5.92 Å². The molecule has 8 nitrogen and oxygen atoms in total. The summed E-state index contributed by atoms with van der Waals surface area (Å²) in [5.41, 5.74) is 0.835. The molecule has 0 saturated carbocycles. The maximum Gasteiger partial charge on any atom is 0.410 e. The van der Waals surface area contributed by atoms with Crippen LogP contribution in [0, 0.1) is 12.8 Å². The molecule has 3 aliphatic heterocycles.